The first-order chi connectivity index (χ1) is 10.7. The highest BCUT2D eigenvalue weighted by molar-refractivity contribution is 5.31. The minimum Gasteiger partial charge on any atom is -0.492 e. The predicted molar refractivity (Wildman–Crippen MR) is 81.0 cm³/mol. The summed E-state index contributed by atoms with van der Waals surface area (Å²) in [4.78, 5) is 13.2. The fourth-order valence-electron chi connectivity index (χ4n) is 2.10. The topological polar surface area (TPSA) is 75.5 Å². The highest BCUT2D eigenvalue weighted by atomic mass is 16.5. The minimum absolute atomic E-state index is 0.225. The zero-order valence-electron chi connectivity index (χ0n) is 11.8. The van der Waals surface area contributed by atoms with Gasteiger partial charge in [-0.2, -0.15) is 0 Å². The maximum absolute atomic E-state index is 11.0. The Labute approximate surface area is 126 Å². The zero-order chi connectivity index (χ0) is 15.4. The van der Waals surface area contributed by atoms with Crippen molar-refractivity contribution in [2.75, 3.05) is 0 Å². The third-order valence-corrected chi connectivity index (χ3v) is 3.24. The van der Waals surface area contributed by atoms with Gasteiger partial charge in [0, 0.05) is 6.42 Å². The van der Waals surface area contributed by atoms with Crippen molar-refractivity contribution in [3.05, 3.63) is 82.0 Å². The molecule has 2 aromatic carbocycles. The monoisotopic (exact) mass is 297 g/mol. The van der Waals surface area contributed by atoms with E-state index in [0.29, 0.717) is 13.0 Å². The molecule has 1 heterocycles. The standard InChI is InChI=1S/C17H15NO4/c19-16-15(22-17(20)18-16)10-12-6-8-14(9-7-12)21-11-13-4-2-1-3-5-13/h1-9,19H,10-11H2,(H,18,20). The molecule has 0 aliphatic carbocycles. The molecule has 0 atom stereocenters. The van der Waals surface area contributed by atoms with Gasteiger partial charge in [-0.3, -0.25) is 4.98 Å². The lowest BCUT2D eigenvalue weighted by Crippen LogP contribution is -1.95. The van der Waals surface area contributed by atoms with Gasteiger partial charge in [-0.25, -0.2) is 4.79 Å². The van der Waals surface area contributed by atoms with Crippen LogP contribution in [0.2, 0.25) is 0 Å². The number of ether oxygens (including phenoxy) is 1. The van der Waals surface area contributed by atoms with Gasteiger partial charge in [0.2, 0.25) is 5.88 Å². The second-order valence-corrected chi connectivity index (χ2v) is 4.88. The van der Waals surface area contributed by atoms with E-state index in [1.807, 2.05) is 54.6 Å². The summed E-state index contributed by atoms with van der Waals surface area (Å²) < 4.78 is 10.6. The van der Waals surface area contributed by atoms with E-state index in [4.69, 9.17) is 9.15 Å². The van der Waals surface area contributed by atoms with E-state index in [0.717, 1.165) is 16.9 Å². The number of H-pyrrole nitrogens is 1. The molecule has 0 radical (unpaired) electrons. The van der Waals surface area contributed by atoms with Crippen LogP contribution in [0.5, 0.6) is 11.6 Å². The van der Waals surface area contributed by atoms with E-state index in [2.05, 4.69) is 4.98 Å². The van der Waals surface area contributed by atoms with Crippen LogP contribution in [0.3, 0.4) is 0 Å². The van der Waals surface area contributed by atoms with E-state index in [9.17, 15) is 9.90 Å². The summed E-state index contributed by atoms with van der Waals surface area (Å²) in [5.74, 6) is 0.0972. The van der Waals surface area contributed by atoms with Gasteiger partial charge in [0.25, 0.3) is 0 Å². The van der Waals surface area contributed by atoms with Crippen LogP contribution in [0, 0.1) is 0 Å². The van der Waals surface area contributed by atoms with Crippen molar-refractivity contribution in [1.29, 1.82) is 0 Å². The molecule has 0 fully saturated rings. The molecule has 0 bridgehead atoms. The number of hydrogen-bond acceptors (Lipinski definition) is 4. The molecular formula is C17H15NO4. The van der Waals surface area contributed by atoms with Crippen LogP contribution in [-0.2, 0) is 13.0 Å². The van der Waals surface area contributed by atoms with Crippen LogP contribution in [0.15, 0.2) is 63.8 Å². The van der Waals surface area contributed by atoms with Crippen LogP contribution in [-0.4, -0.2) is 10.1 Å². The fourth-order valence-corrected chi connectivity index (χ4v) is 2.10. The van der Waals surface area contributed by atoms with E-state index in [1.165, 1.54) is 0 Å². The summed E-state index contributed by atoms with van der Waals surface area (Å²) in [6.45, 7) is 0.508. The molecule has 5 heteroatoms. The number of aromatic nitrogens is 1. The summed E-state index contributed by atoms with van der Waals surface area (Å²) in [6.07, 6.45) is 0.337. The molecule has 5 nitrogen and oxygen atoms in total. The summed E-state index contributed by atoms with van der Waals surface area (Å²) in [5, 5.41) is 9.48. The smallest absolute Gasteiger partial charge is 0.419 e. The number of oxazole rings is 1. The van der Waals surface area contributed by atoms with Crippen LogP contribution < -0.4 is 10.5 Å². The second kappa shape index (κ2) is 6.22. The Bertz CT molecular complexity index is 788. The molecule has 22 heavy (non-hydrogen) atoms. The van der Waals surface area contributed by atoms with Crippen molar-refractivity contribution in [1.82, 2.24) is 4.98 Å². The van der Waals surface area contributed by atoms with Crippen LogP contribution in [0.1, 0.15) is 16.9 Å². The van der Waals surface area contributed by atoms with Crippen molar-refractivity contribution in [2.24, 2.45) is 0 Å². The molecule has 3 aromatic rings. The first-order valence-corrected chi connectivity index (χ1v) is 6.87. The number of aromatic amines is 1. The lowest BCUT2D eigenvalue weighted by atomic mass is 10.1. The van der Waals surface area contributed by atoms with Crippen LogP contribution >= 0.6 is 0 Å². The van der Waals surface area contributed by atoms with Gasteiger partial charge in [0.15, 0.2) is 5.76 Å². The molecular weight excluding hydrogens is 282 g/mol. The molecule has 0 unspecified atom stereocenters. The molecule has 0 saturated carbocycles. The van der Waals surface area contributed by atoms with Crippen molar-refractivity contribution in [3.63, 3.8) is 0 Å². The molecule has 2 N–H and O–H groups in total. The van der Waals surface area contributed by atoms with Crippen molar-refractivity contribution in [3.8, 4) is 11.6 Å². The largest absolute Gasteiger partial charge is 0.492 e. The normalized spacial score (nSPS) is 10.5. The summed E-state index contributed by atoms with van der Waals surface area (Å²) in [6, 6.07) is 17.3. The minimum atomic E-state index is -0.657. The number of aromatic hydroxyl groups is 1. The average molecular weight is 297 g/mol. The summed E-state index contributed by atoms with van der Waals surface area (Å²) in [5.41, 5.74) is 2.01. The van der Waals surface area contributed by atoms with Crippen LogP contribution in [0.25, 0.3) is 0 Å². The second-order valence-electron chi connectivity index (χ2n) is 4.88. The van der Waals surface area contributed by atoms with E-state index in [-0.39, 0.29) is 11.6 Å². The van der Waals surface area contributed by atoms with E-state index < -0.39 is 5.76 Å². The first-order valence-electron chi connectivity index (χ1n) is 6.87. The third-order valence-electron chi connectivity index (χ3n) is 3.24. The fraction of sp³-hybridized carbons (Fsp3) is 0.118. The van der Waals surface area contributed by atoms with Crippen molar-refractivity contribution in [2.45, 2.75) is 13.0 Å². The Balaban J connectivity index is 1.63. The van der Waals surface area contributed by atoms with Crippen LogP contribution in [0.4, 0.5) is 0 Å². The van der Waals surface area contributed by atoms with Crippen molar-refractivity contribution >= 4 is 0 Å². The number of benzene rings is 2. The Hall–Kier alpha value is -2.95. The Morgan fingerprint density at radius 1 is 1.00 bits per heavy atom. The molecule has 0 aliphatic rings. The average Bonchev–Trinajstić information content (AvgIpc) is 2.85. The lowest BCUT2D eigenvalue weighted by molar-refractivity contribution is 0.306. The Morgan fingerprint density at radius 2 is 1.73 bits per heavy atom. The molecule has 3 rings (SSSR count). The van der Waals surface area contributed by atoms with Gasteiger partial charge in [-0.05, 0) is 23.3 Å². The molecule has 1 aromatic heterocycles. The Morgan fingerprint density at radius 3 is 2.36 bits per heavy atom. The maximum Gasteiger partial charge on any atom is 0.419 e. The third kappa shape index (κ3) is 3.38. The molecule has 112 valence electrons. The predicted octanol–water partition coefficient (Wildman–Crippen LogP) is 2.84. The quantitative estimate of drug-likeness (QED) is 0.759. The van der Waals surface area contributed by atoms with Crippen molar-refractivity contribution < 1.29 is 14.3 Å². The molecule has 0 spiro atoms. The highest BCUT2D eigenvalue weighted by Gasteiger charge is 2.09. The number of rotatable bonds is 5. The van der Waals surface area contributed by atoms with E-state index in [1.54, 1.807) is 0 Å². The van der Waals surface area contributed by atoms with Gasteiger partial charge in [0.05, 0.1) is 0 Å². The highest BCUT2D eigenvalue weighted by Crippen LogP contribution is 2.19. The van der Waals surface area contributed by atoms with Gasteiger partial charge < -0.3 is 14.3 Å². The summed E-state index contributed by atoms with van der Waals surface area (Å²) >= 11 is 0. The number of hydrogen-bond donors (Lipinski definition) is 2. The first kappa shape index (κ1) is 14.0. The molecule has 0 aliphatic heterocycles. The molecule has 0 saturated heterocycles. The maximum atomic E-state index is 11.0. The number of nitrogens with one attached hydrogen (secondary N) is 1. The Kier molecular flexibility index (Phi) is 3.96. The lowest BCUT2D eigenvalue weighted by Gasteiger charge is -2.07. The van der Waals surface area contributed by atoms with Gasteiger partial charge in [-0.15, -0.1) is 0 Å². The van der Waals surface area contributed by atoms with Gasteiger partial charge in [0.1, 0.15) is 12.4 Å². The molecule has 0 amide bonds. The van der Waals surface area contributed by atoms with E-state index >= 15 is 0 Å². The van der Waals surface area contributed by atoms with Gasteiger partial charge >= 0.3 is 5.76 Å². The van der Waals surface area contributed by atoms with Gasteiger partial charge in [-0.1, -0.05) is 42.5 Å². The zero-order valence-corrected chi connectivity index (χ0v) is 11.8. The SMILES string of the molecule is O=c1[nH]c(O)c(Cc2ccc(OCc3ccccc3)cc2)o1. The summed E-state index contributed by atoms with van der Waals surface area (Å²) in [7, 11) is 0.